The van der Waals surface area contributed by atoms with Crippen LogP contribution in [0.2, 0.25) is 0 Å². The molecule has 1 aliphatic rings. The SMILES string of the molecule is COc1ccccc1Nc1cc(C(=O)N2CCc3ccccc32)ncn1. The molecule has 0 bridgehead atoms. The Bertz CT molecular complexity index is 958. The summed E-state index contributed by atoms with van der Waals surface area (Å²) in [4.78, 5) is 23.1. The number of nitrogens with zero attached hydrogens (tertiary/aromatic N) is 3. The van der Waals surface area contributed by atoms with Gasteiger partial charge in [-0.1, -0.05) is 30.3 Å². The summed E-state index contributed by atoms with van der Waals surface area (Å²) in [5.41, 5.74) is 3.27. The van der Waals surface area contributed by atoms with E-state index in [4.69, 9.17) is 4.74 Å². The molecule has 1 aromatic heterocycles. The summed E-state index contributed by atoms with van der Waals surface area (Å²) in [5.74, 6) is 1.12. The van der Waals surface area contributed by atoms with Gasteiger partial charge in [0.25, 0.3) is 5.91 Å². The molecule has 2 heterocycles. The summed E-state index contributed by atoms with van der Waals surface area (Å²) in [6, 6.07) is 17.2. The zero-order valence-corrected chi connectivity index (χ0v) is 14.3. The molecule has 0 atom stereocenters. The molecule has 0 spiro atoms. The fraction of sp³-hybridized carbons (Fsp3) is 0.150. The Labute approximate surface area is 151 Å². The van der Waals surface area contributed by atoms with E-state index in [-0.39, 0.29) is 5.91 Å². The van der Waals surface area contributed by atoms with Gasteiger partial charge in [-0.3, -0.25) is 4.79 Å². The minimum absolute atomic E-state index is 0.125. The standard InChI is InChI=1S/C20H18N4O2/c1-26-18-9-5-3-7-15(18)23-19-12-16(21-13-22-19)20(25)24-11-10-14-6-2-4-8-17(14)24/h2-9,12-13H,10-11H2,1H3,(H,21,22,23). The quantitative estimate of drug-likeness (QED) is 0.784. The molecule has 0 unspecified atom stereocenters. The van der Waals surface area contributed by atoms with Gasteiger partial charge in [-0.2, -0.15) is 0 Å². The van der Waals surface area contributed by atoms with Crippen LogP contribution >= 0.6 is 0 Å². The maximum Gasteiger partial charge on any atom is 0.277 e. The van der Waals surface area contributed by atoms with Crippen molar-refractivity contribution in [3.05, 3.63) is 72.2 Å². The van der Waals surface area contributed by atoms with Gasteiger partial charge in [0.2, 0.25) is 0 Å². The highest BCUT2D eigenvalue weighted by atomic mass is 16.5. The van der Waals surface area contributed by atoms with Crippen molar-refractivity contribution in [2.75, 3.05) is 23.9 Å². The molecule has 0 saturated carbocycles. The van der Waals surface area contributed by atoms with Crippen molar-refractivity contribution in [2.24, 2.45) is 0 Å². The Morgan fingerprint density at radius 3 is 2.81 bits per heavy atom. The Hall–Kier alpha value is -3.41. The predicted molar refractivity (Wildman–Crippen MR) is 100 cm³/mol. The molecule has 2 aromatic carbocycles. The van der Waals surface area contributed by atoms with Crippen LogP contribution in [0, 0.1) is 0 Å². The van der Waals surface area contributed by atoms with Crippen molar-refractivity contribution < 1.29 is 9.53 Å². The van der Waals surface area contributed by atoms with Crippen LogP contribution in [-0.4, -0.2) is 29.5 Å². The first-order chi connectivity index (χ1) is 12.8. The summed E-state index contributed by atoms with van der Waals surface area (Å²) in [7, 11) is 1.61. The van der Waals surface area contributed by atoms with E-state index in [2.05, 4.69) is 21.4 Å². The molecule has 6 nitrogen and oxygen atoms in total. The van der Waals surface area contributed by atoms with E-state index in [1.54, 1.807) is 18.1 Å². The summed E-state index contributed by atoms with van der Waals surface area (Å²) in [6.07, 6.45) is 2.26. The molecule has 1 aliphatic heterocycles. The van der Waals surface area contributed by atoms with E-state index < -0.39 is 0 Å². The van der Waals surface area contributed by atoms with E-state index in [9.17, 15) is 4.79 Å². The van der Waals surface area contributed by atoms with Crippen LogP contribution in [0.25, 0.3) is 0 Å². The third kappa shape index (κ3) is 2.97. The second kappa shape index (κ2) is 6.84. The number of hydrogen-bond acceptors (Lipinski definition) is 5. The lowest BCUT2D eigenvalue weighted by molar-refractivity contribution is 0.0984. The van der Waals surface area contributed by atoms with Crippen molar-refractivity contribution in [2.45, 2.75) is 6.42 Å². The number of carbonyl (C=O) groups excluding carboxylic acids is 1. The summed E-state index contributed by atoms with van der Waals surface area (Å²) in [6.45, 7) is 0.664. The number of hydrogen-bond donors (Lipinski definition) is 1. The average molecular weight is 346 g/mol. The number of amides is 1. The molecule has 1 amide bonds. The van der Waals surface area contributed by atoms with Gasteiger partial charge in [0, 0.05) is 18.3 Å². The molecule has 0 aliphatic carbocycles. The van der Waals surface area contributed by atoms with E-state index in [1.165, 1.54) is 11.9 Å². The average Bonchev–Trinajstić information content (AvgIpc) is 3.12. The number of aromatic nitrogens is 2. The van der Waals surface area contributed by atoms with Gasteiger partial charge in [-0.05, 0) is 30.2 Å². The molecule has 1 N–H and O–H groups in total. The molecule has 130 valence electrons. The monoisotopic (exact) mass is 346 g/mol. The number of methoxy groups -OCH3 is 1. The van der Waals surface area contributed by atoms with Crippen molar-refractivity contribution in [1.29, 1.82) is 0 Å². The third-order valence-corrected chi connectivity index (χ3v) is 4.39. The van der Waals surface area contributed by atoms with E-state index >= 15 is 0 Å². The zero-order valence-electron chi connectivity index (χ0n) is 14.3. The van der Waals surface area contributed by atoms with Crippen LogP contribution in [-0.2, 0) is 6.42 Å². The zero-order chi connectivity index (χ0) is 17.9. The Balaban J connectivity index is 1.59. The minimum Gasteiger partial charge on any atom is -0.495 e. The number of ether oxygens (including phenoxy) is 1. The molecule has 0 radical (unpaired) electrons. The smallest absolute Gasteiger partial charge is 0.277 e. The lowest BCUT2D eigenvalue weighted by Crippen LogP contribution is -2.29. The van der Waals surface area contributed by atoms with Gasteiger partial charge < -0.3 is 15.0 Å². The first-order valence-electron chi connectivity index (χ1n) is 8.38. The first-order valence-corrected chi connectivity index (χ1v) is 8.38. The Kier molecular flexibility index (Phi) is 4.23. The number of nitrogens with one attached hydrogen (secondary N) is 1. The van der Waals surface area contributed by atoms with Gasteiger partial charge in [-0.15, -0.1) is 0 Å². The fourth-order valence-corrected chi connectivity index (χ4v) is 3.12. The van der Waals surface area contributed by atoms with Crippen LogP contribution in [0.4, 0.5) is 17.2 Å². The van der Waals surface area contributed by atoms with Crippen LogP contribution in [0.15, 0.2) is 60.9 Å². The van der Waals surface area contributed by atoms with E-state index in [0.717, 1.165) is 17.8 Å². The van der Waals surface area contributed by atoms with Gasteiger partial charge in [0.05, 0.1) is 12.8 Å². The number of rotatable bonds is 4. The summed E-state index contributed by atoms with van der Waals surface area (Å²) >= 11 is 0. The molecular weight excluding hydrogens is 328 g/mol. The van der Waals surface area contributed by atoms with E-state index in [1.807, 2.05) is 42.5 Å². The number of para-hydroxylation sites is 3. The number of carbonyl (C=O) groups is 1. The number of fused-ring (bicyclic) bond motifs is 1. The second-order valence-electron chi connectivity index (χ2n) is 5.95. The minimum atomic E-state index is -0.125. The lowest BCUT2D eigenvalue weighted by Gasteiger charge is -2.17. The first kappa shape index (κ1) is 16.1. The van der Waals surface area contributed by atoms with Crippen molar-refractivity contribution >= 4 is 23.1 Å². The molecule has 4 rings (SSSR count). The van der Waals surface area contributed by atoms with Crippen LogP contribution in [0.3, 0.4) is 0 Å². The van der Waals surface area contributed by atoms with Crippen molar-refractivity contribution in [3.8, 4) is 5.75 Å². The van der Waals surface area contributed by atoms with Crippen molar-refractivity contribution in [1.82, 2.24) is 9.97 Å². The van der Waals surface area contributed by atoms with Crippen LogP contribution in [0.1, 0.15) is 16.1 Å². The highest BCUT2D eigenvalue weighted by Gasteiger charge is 2.26. The van der Waals surface area contributed by atoms with Crippen LogP contribution < -0.4 is 15.0 Å². The van der Waals surface area contributed by atoms with E-state index in [0.29, 0.717) is 23.8 Å². The molecule has 26 heavy (non-hydrogen) atoms. The normalized spacial score (nSPS) is 12.6. The Morgan fingerprint density at radius 1 is 1.12 bits per heavy atom. The maximum absolute atomic E-state index is 12.9. The fourth-order valence-electron chi connectivity index (χ4n) is 3.12. The lowest BCUT2D eigenvalue weighted by atomic mass is 10.2. The molecular formula is C20H18N4O2. The molecule has 0 fully saturated rings. The molecule has 6 heteroatoms. The highest BCUT2D eigenvalue weighted by molar-refractivity contribution is 6.06. The number of anilines is 3. The summed E-state index contributed by atoms with van der Waals surface area (Å²) < 4.78 is 5.33. The highest BCUT2D eigenvalue weighted by Crippen LogP contribution is 2.29. The van der Waals surface area contributed by atoms with Crippen molar-refractivity contribution in [3.63, 3.8) is 0 Å². The number of benzene rings is 2. The molecule has 3 aromatic rings. The van der Waals surface area contributed by atoms with Gasteiger partial charge in [0.15, 0.2) is 0 Å². The van der Waals surface area contributed by atoms with Crippen LogP contribution in [0.5, 0.6) is 5.75 Å². The maximum atomic E-state index is 12.9. The summed E-state index contributed by atoms with van der Waals surface area (Å²) in [5, 5.41) is 3.18. The topological polar surface area (TPSA) is 67.3 Å². The molecule has 0 saturated heterocycles. The van der Waals surface area contributed by atoms with Gasteiger partial charge in [-0.25, -0.2) is 9.97 Å². The van der Waals surface area contributed by atoms with Gasteiger partial charge >= 0.3 is 0 Å². The largest absolute Gasteiger partial charge is 0.495 e. The Morgan fingerprint density at radius 2 is 1.92 bits per heavy atom. The van der Waals surface area contributed by atoms with Gasteiger partial charge in [0.1, 0.15) is 23.6 Å². The second-order valence-corrected chi connectivity index (χ2v) is 5.95. The predicted octanol–water partition coefficient (Wildman–Crippen LogP) is 3.43. The third-order valence-electron chi connectivity index (χ3n) is 4.39.